The molecule has 0 saturated carbocycles. The summed E-state index contributed by atoms with van der Waals surface area (Å²) in [6.07, 6.45) is 10.5. The lowest BCUT2D eigenvalue weighted by Gasteiger charge is -2.21. The van der Waals surface area contributed by atoms with Crippen LogP contribution < -0.4 is 0 Å². The fourth-order valence-corrected chi connectivity index (χ4v) is 3.83. The molecule has 14 heavy (non-hydrogen) atoms. The maximum absolute atomic E-state index is 5.80. The molecule has 0 spiro atoms. The Morgan fingerprint density at radius 1 is 1.43 bits per heavy atom. The van der Waals surface area contributed by atoms with Crippen molar-refractivity contribution < 1.29 is 4.43 Å². The molecule has 0 atom stereocenters. The Hall–Kier alpha value is -0.343. The smallest absolute Gasteiger partial charge is 0.186 e. The molecule has 0 aliphatic heterocycles. The molecule has 0 amide bonds. The van der Waals surface area contributed by atoms with E-state index in [1.165, 1.54) is 24.5 Å². The van der Waals surface area contributed by atoms with E-state index < -0.39 is 8.32 Å². The lowest BCUT2D eigenvalue weighted by atomic mass is 10.2. The van der Waals surface area contributed by atoms with E-state index in [1.807, 2.05) is 0 Å². The van der Waals surface area contributed by atoms with Gasteiger partial charge >= 0.3 is 0 Å². The molecule has 0 unspecified atom stereocenters. The van der Waals surface area contributed by atoms with Crippen molar-refractivity contribution >= 4 is 8.32 Å². The van der Waals surface area contributed by atoms with Gasteiger partial charge in [0.25, 0.3) is 0 Å². The molecule has 0 fully saturated rings. The summed E-state index contributed by atoms with van der Waals surface area (Å²) in [7, 11) is -1.33. The number of hydrogen-bond donors (Lipinski definition) is 0. The number of rotatable bonds is 6. The summed E-state index contributed by atoms with van der Waals surface area (Å²) in [5, 5.41) is 0. The molecule has 2 heteroatoms. The first kappa shape index (κ1) is 11.7. The van der Waals surface area contributed by atoms with Gasteiger partial charge in [0.05, 0.1) is 0 Å². The van der Waals surface area contributed by atoms with Gasteiger partial charge in [-0.05, 0) is 45.3 Å². The van der Waals surface area contributed by atoms with Crippen LogP contribution in [-0.2, 0) is 4.43 Å². The Bertz CT molecular complexity index is 228. The molecule has 0 aromatic rings. The summed E-state index contributed by atoms with van der Waals surface area (Å²) in [5.74, 6) is 0. The van der Waals surface area contributed by atoms with E-state index in [4.69, 9.17) is 4.43 Å². The SMILES string of the molecule is CCO[Si](C)(C)CCCC1=CCC=C1. The molecular weight excluding hydrogens is 188 g/mol. The molecular formula is C12H22OSi. The van der Waals surface area contributed by atoms with Crippen molar-refractivity contribution in [2.24, 2.45) is 0 Å². The normalized spacial score (nSPS) is 16.1. The Kier molecular flexibility index (Phi) is 4.62. The van der Waals surface area contributed by atoms with Crippen molar-refractivity contribution in [2.75, 3.05) is 6.61 Å². The van der Waals surface area contributed by atoms with Gasteiger partial charge in [-0.1, -0.05) is 23.8 Å². The van der Waals surface area contributed by atoms with Crippen LogP contribution in [-0.4, -0.2) is 14.9 Å². The molecule has 1 aliphatic carbocycles. The third-order valence-corrected chi connectivity index (χ3v) is 5.26. The van der Waals surface area contributed by atoms with Crippen LogP contribution in [0.2, 0.25) is 19.1 Å². The van der Waals surface area contributed by atoms with Crippen LogP contribution in [0.4, 0.5) is 0 Å². The van der Waals surface area contributed by atoms with Gasteiger partial charge in [-0.2, -0.15) is 0 Å². The van der Waals surface area contributed by atoms with Crippen molar-refractivity contribution in [1.82, 2.24) is 0 Å². The summed E-state index contributed by atoms with van der Waals surface area (Å²) in [6.45, 7) is 7.60. The maximum atomic E-state index is 5.80. The predicted octanol–water partition coefficient (Wildman–Crippen LogP) is 3.89. The summed E-state index contributed by atoms with van der Waals surface area (Å²) in [6, 6.07) is 1.28. The predicted molar refractivity (Wildman–Crippen MR) is 65.0 cm³/mol. The molecule has 0 heterocycles. The minimum Gasteiger partial charge on any atom is -0.418 e. The highest BCUT2D eigenvalue weighted by Crippen LogP contribution is 2.20. The van der Waals surface area contributed by atoms with E-state index >= 15 is 0 Å². The molecule has 0 aromatic carbocycles. The van der Waals surface area contributed by atoms with Gasteiger partial charge in [-0.25, -0.2) is 0 Å². The number of hydrogen-bond acceptors (Lipinski definition) is 1. The minimum atomic E-state index is -1.33. The van der Waals surface area contributed by atoms with Gasteiger partial charge in [-0.3, -0.25) is 0 Å². The van der Waals surface area contributed by atoms with Gasteiger partial charge in [-0.15, -0.1) is 0 Å². The lowest BCUT2D eigenvalue weighted by molar-refractivity contribution is 0.328. The van der Waals surface area contributed by atoms with Crippen LogP contribution in [0.1, 0.15) is 26.2 Å². The first-order valence-corrected chi connectivity index (χ1v) is 8.75. The molecule has 0 bridgehead atoms. The Labute approximate surface area is 89.0 Å². The third-order valence-electron chi connectivity index (χ3n) is 2.63. The van der Waals surface area contributed by atoms with Crippen molar-refractivity contribution in [2.45, 2.75) is 45.3 Å². The van der Waals surface area contributed by atoms with Crippen molar-refractivity contribution in [3.63, 3.8) is 0 Å². The Morgan fingerprint density at radius 2 is 2.21 bits per heavy atom. The van der Waals surface area contributed by atoms with Crippen LogP contribution >= 0.6 is 0 Å². The summed E-state index contributed by atoms with van der Waals surface area (Å²) in [5.41, 5.74) is 1.52. The highest BCUT2D eigenvalue weighted by Gasteiger charge is 2.20. The lowest BCUT2D eigenvalue weighted by Crippen LogP contribution is -2.29. The molecule has 1 aliphatic rings. The second-order valence-corrected chi connectivity index (χ2v) is 8.77. The van der Waals surface area contributed by atoms with E-state index in [9.17, 15) is 0 Å². The second-order valence-electron chi connectivity index (χ2n) is 4.46. The van der Waals surface area contributed by atoms with Crippen molar-refractivity contribution in [3.05, 3.63) is 23.8 Å². The van der Waals surface area contributed by atoms with Gasteiger partial charge in [0.15, 0.2) is 8.32 Å². The highest BCUT2D eigenvalue weighted by atomic mass is 28.4. The molecule has 0 N–H and O–H groups in total. The zero-order valence-electron chi connectivity index (χ0n) is 9.68. The van der Waals surface area contributed by atoms with E-state index in [0.29, 0.717) is 0 Å². The average molecular weight is 210 g/mol. The van der Waals surface area contributed by atoms with Crippen molar-refractivity contribution in [1.29, 1.82) is 0 Å². The van der Waals surface area contributed by atoms with E-state index in [2.05, 4.69) is 38.2 Å². The standard InChI is InChI=1S/C12H22OSi/c1-4-13-14(2,3)11-7-10-12-8-5-6-9-12/h5,8-9H,4,6-7,10-11H2,1-3H3. The zero-order chi connectivity index (χ0) is 10.4. The molecule has 1 nitrogen and oxygen atoms in total. The summed E-state index contributed by atoms with van der Waals surface area (Å²) < 4.78 is 5.80. The average Bonchev–Trinajstić information content (AvgIpc) is 2.56. The molecule has 80 valence electrons. The molecule has 0 radical (unpaired) electrons. The second kappa shape index (κ2) is 5.52. The monoisotopic (exact) mass is 210 g/mol. The zero-order valence-corrected chi connectivity index (χ0v) is 10.7. The van der Waals surface area contributed by atoms with Gasteiger partial charge in [0, 0.05) is 6.61 Å². The summed E-state index contributed by atoms with van der Waals surface area (Å²) >= 11 is 0. The molecule has 1 rings (SSSR count). The first-order chi connectivity index (χ1) is 6.64. The topological polar surface area (TPSA) is 9.23 Å². The highest BCUT2D eigenvalue weighted by molar-refractivity contribution is 6.71. The van der Waals surface area contributed by atoms with Crippen molar-refractivity contribution in [3.8, 4) is 0 Å². The van der Waals surface area contributed by atoms with Crippen LogP contribution in [0.25, 0.3) is 0 Å². The number of allylic oxidation sites excluding steroid dienone is 4. The van der Waals surface area contributed by atoms with Gasteiger partial charge in [0.1, 0.15) is 0 Å². The summed E-state index contributed by atoms with van der Waals surface area (Å²) in [4.78, 5) is 0. The minimum absolute atomic E-state index is 0.877. The fourth-order valence-electron chi connectivity index (χ4n) is 1.87. The van der Waals surface area contributed by atoms with E-state index in [-0.39, 0.29) is 0 Å². The maximum Gasteiger partial charge on any atom is 0.186 e. The van der Waals surface area contributed by atoms with E-state index in [0.717, 1.165) is 13.0 Å². The van der Waals surface area contributed by atoms with Crippen LogP contribution in [0.5, 0.6) is 0 Å². The fraction of sp³-hybridized carbons (Fsp3) is 0.667. The third kappa shape index (κ3) is 4.25. The Morgan fingerprint density at radius 3 is 2.79 bits per heavy atom. The largest absolute Gasteiger partial charge is 0.418 e. The van der Waals surface area contributed by atoms with Crippen LogP contribution in [0.15, 0.2) is 23.8 Å². The molecule has 0 aromatic heterocycles. The van der Waals surface area contributed by atoms with Gasteiger partial charge in [0.2, 0.25) is 0 Å². The quantitative estimate of drug-likeness (QED) is 0.604. The molecule has 0 saturated heterocycles. The van der Waals surface area contributed by atoms with E-state index in [1.54, 1.807) is 0 Å². The van der Waals surface area contributed by atoms with Crippen LogP contribution in [0.3, 0.4) is 0 Å². The Balaban J connectivity index is 2.16. The van der Waals surface area contributed by atoms with Gasteiger partial charge < -0.3 is 4.43 Å². The van der Waals surface area contributed by atoms with Crippen LogP contribution in [0, 0.1) is 0 Å². The first-order valence-electron chi connectivity index (χ1n) is 5.63.